The lowest BCUT2D eigenvalue weighted by atomic mass is 9.99. The molecular formula is C23H37ClN4O3Si. The molecule has 0 aliphatic carbocycles. The van der Waals surface area contributed by atoms with E-state index in [-0.39, 0.29) is 12.1 Å². The first-order chi connectivity index (χ1) is 14.9. The minimum atomic E-state index is -2.27. The predicted octanol–water partition coefficient (Wildman–Crippen LogP) is 5.54. The Hall–Kier alpha value is -1.95. The summed E-state index contributed by atoms with van der Waals surface area (Å²) in [6.45, 7) is 14.4. The maximum atomic E-state index is 11.8. The number of piperidine rings is 1. The fraction of sp³-hybridized carbons (Fsp3) is 0.652. The molecule has 32 heavy (non-hydrogen) atoms. The summed E-state index contributed by atoms with van der Waals surface area (Å²) in [6.07, 6.45) is -0.678. The van der Waals surface area contributed by atoms with E-state index in [1.54, 1.807) is 19.2 Å². The van der Waals surface area contributed by atoms with Gasteiger partial charge in [0.1, 0.15) is 0 Å². The van der Waals surface area contributed by atoms with Crippen molar-refractivity contribution in [3.05, 3.63) is 22.7 Å². The highest BCUT2D eigenvalue weighted by Gasteiger charge is 2.49. The summed E-state index contributed by atoms with van der Waals surface area (Å²) in [6, 6.07) is 5.19. The highest BCUT2D eigenvalue weighted by Crippen LogP contribution is 2.44. The van der Waals surface area contributed by atoms with E-state index in [1.807, 2.05) is 0 Å². The van der Waals surface area contributed by atoms with Gasteiger partial charge < -0.3 is 25.1 Å². The SMILES string of the molecule is CC(C)[Si](O[C@@H]1CN(c2cc(C#N)cc(N)c2Cl)CC[C@H]1N(C)C(=O)O)(C(C)C)C(C)C. The number of carboxylic acid groups (broad SMARTS) is 1. The van der Waals surface area contributed by atoms with Gasteiger partial charge in [0.05, 0.1) is 40.2 Å². The second-order valence-corrected chi connectivity index (χ2v) is 15.5. The molecule has 2 atom stereocenters. The van der Waals surface area contributed by atoms with Gasteiger partial charge in [-0.3, -0.25) is 0 Å². The van der Waals surface area contributed by atoms with Crippen molar-refractivity contribution in [1.82, 2.24) is 4.90 Å². The second-order valence-electron chi connectivity index (χ2n) is 9.68. The van der Waals surface area contributed by atoms with Crippen LogP contribution in [0.1, 0.15) is 53.5 Å². The number of hydrogen-bond acceptors (Lipinski definition) is 5. The van der Waals surface area contributed by atoms with Crippen molar-refractivity contribution in [3.8, 4) is 6.07 Å². The van der Waals surface area contributed by atoms with Crippen LogP contribution in [0.15, 0.2) is 12.1 Å². The molecule has 1 aromatic rings. The monoisotopic (exact) mass is 480 g/mol. The Kier molecular flexibility index (Phi) is 8.48. The maximum absolute atomic E-state index is 11.8. The Labute approximate surface area is 198 Å². The zero-order valence-corrected chi connectivity index (χ0v) is 22.0. The van der Waals surface area contributed by atoms with E-state index in [9.17, 15) is 15.2 Å². The Morgan fingerprint density at radius 1 is 1.28 bits per heavy atom. The van der Waals surface area contributed by atoms with Gasteiger partial charge in [-0.2, -0.15) is 5.26 Å². The summed E-state index contributed by atoms with van der Waals surface area (Å²) in [4.78, 5) is 15.3. The molecule has 0 saturated carbocycles. The molecule has 1 heterocycles. The Morgan fingerprint density at radius 3 is 2.31 bits per heavy atom. The number of benzene rings is 1. The van der Waals surface area contributed by atoms with Crippen LogP contribution in [0, 0.1) is 11.3 Å². The Morgan fingerprint density at radius 2 is 1.84 bits per heavy atom. The molecule has 1 aliphatic heterocycles. The molecule has 0 aromatic heterocycles. The lowest BCUT2D eigenvalue weighted by Gasteiger charge is -2.50. The lowest BCUT2D eigenvalue weighted by molar-refractivity contribution is 0.0536. The van der Waals surface area contributed by atoms with Gasteiger partial charge in [-0.1, -0.05) is 53.1 Å². The van der Waals surface area contributed by atoms with Crippen molar-refractivity contribution in [1.29, 1.82) is 5.26 Å². The maximum Gasteiger partial charge on any atom is 0.407 e. The number of nitrogens with two attached hydrogens (primary N) is 1. The quantitative estimate of drug-likeness (QED) is 0.392. The first kappa shape index (κ1) is 26.3. The van der Waals surface area contributed by atoms with Crippen LogP contribution >= 0.6 is 11.6 Å². The molecule has 1 aliphatic rings. The fourth-order valence-electron chi connectivity index (χ4n) is 5.42. The smallest absolute Gasteiger partial charge is 0.407 e. The van der Waals surface area contributed by atoms with Crippen molar-refractivity contribution in [3.63, 3.8) is 0 Å². The molecule has 1 fully saturated rings. The van der Waals surface area contributed by atoms with Crippen molar-refractivity contribution in [2.75, 3.05) is 30.8 Å². The van der Waals surface area contributed by atoms with Gasteiger partial charge >= 0.3 is 6.09 Å². The van der Waals surface area contributed by atoms with Gasteiger partial charge in [0.2, 0.25) is 8.32 Å². The zero-order valence-electron chi connectivity index (χ0n) is 20.2. The van der Waals surface area contributed by atoms with Crippen LogP contribution in [0.5, 0.6) is 0 Å². The largest absolute Gasteiger partial charge is 0.465 e. The van der Waals surface area contributed by atoms with Crippen LogP contribution in [0.3, 0.4) is 0 Å². The summed E-state index contributed by atoms with van der Waals surface area (Å²) >= 11 is 6.52. The third-order valence-electron chi connectivity index (χ3n) is 6.94. The number of hydrogen-bond donors (Lipinski definition) is 2. The van der Waals surface area contributed by atoms with Gasteiger partial charge in [0, 0.05) is 20.1 Å². The summed E-state index contributed by atoms with van der Waals surface area (Å²) in [5.74, 6) is 0. The topological polar surface area (TPSA) is 103 Å². The molecule has 0 radical (unpaired) electrons. The molecule has 7 nitrogen and oxygen atoms in total. The highest BCUT2D eigenvalue weighted by atomic mass is 35.5. The number of rotatable bonds is 7. The molecular weight excluding hydrogens is 444 g/mol. The number of amides is 1. The van der Waals surface area contributed by atoms with Crippen LogP contribution in [-0.4, -0.2) is 56.7 Å². The second kappa shape index (κ2) is 10.3. The normalized spacial score (nSPS) is 19.5. The average molecular weight is 481 g/mol. The summed E-state index contributed by atoms with van der Waals surface area (Å²) in [5.41, 5.74) is 8.66. The number of nitriles is 1. The van der Waals surface area contributed by atoms with Gasteiger partial charge in [-0.15, -0.1) is 0 Å². The van der Waals surface area contributed by atoms with Gasteiger partial charge in [0.25, 0.3) is 0 Å². The first-order valence-corrected chi connectivity index (χ1v) is 13.8. The van der Waals surface area contributed by atoms with Crippen molar-refractivity contribution >= 4 is 37.4 Å². The van der Waals surface area contributed by atoms with E-state index in [2.05, 4.69) is 52.5 Å². The molecule has 0 unspecified atom stereocenters. The summed E-state index contributed by atoms with van der Waals surface area (Å²) in [5, 5.41) is 19.5. The van der Waals surface area contributed by atoms with E-state index < -0.39 is 14.4 Å². The molecule has 178 valence electrons. The number of nitrogen functional groups attached to an aromatic ring is 1. The molecule has 0 bridgehead atoms. The molecule has 1 amide bonds. The number of likely N-dealkylation sites (N-methyl/N-ethyl adjacent to an activating group) is 1. The van der Waals surface area contributed by atoms with Crippen LogP contribution < -0.4 is 10.6 Å². The van der Waals surface area contributed by atoms with Crippen molar-refractivity contribution in [2.45, 2.75) is 76.7 Å². The van der Waals surface area contributed by atoms with Gasteiger partial charge in [0.15, 0.2) is 0 Å². The van der Waals surface area contributed by atoms with Crippen LogP contribution in [-0.2, 0) is 4.43 Å². The molecule has 1 aromatic carbocycles. The number of anilines is 2. The van der Waals surface area contributed by atoms with Gasteiger partial charge in [-0.05, 0) is 35.2 Å². The zero-order chi connectivity index (χ0) is 24.4. The molecule has 9 heteroatoms. The average Bonchev–Trinajstić information content (AvgIpc) is 2.72. The first-order valence-electron chi connectivity index (χ1n) is 11.2. The third-order valence-corrected chi connectivity index (χ3v) is 13.5. The minimum absolute atomic E-state index is 0.262. The number of halogens is 1. The molecule has 2 rings (SSSR count). The standard InChI is InChI=1S/C23H37ClN4O3Si/c1-14(2)32(15(3)4,16(5)6)31-21-13-28(9-8-19(21)27(7)23(29)30)20-11-17(12-25)10-18(26)22(20)24/h10-11,14-16,19,21H,8-9,13,26H2,1-7H3,(H,29,30)/t19-,21-/m1/s1. The van der Waals surface area contributed by atoms with Crippen LogP contribution in [0.2, 0.25) is 21.6 Å². The van der Waals surface area contributed by atoms with E-state index in [1.165, 1.54) is 4.90 Å². The summed E-state index contributed by atoms with van der Waals surface area (Å²) in [7, 11) is -0.652. The van der Waals surface area contributed by atoms with Crippen molar-refractivity contribution < 1.29 is 14.3 Å². The van der Waals surface area contributed by atoms with E-state index in [4.69, 9.17) is 21.8 Å². The van der Waals surface area contributed by atoms with E-state index in [0.717, 1.165) is 0 Å². The lowest BCUT2D eigenvalue weighted by Crippen LogP contribution is -2.61. The van der Waals surface area contributed by atoms with Gasteiger partial charge in [-0.25, -0.2) is 4.79 Å². The third kappa shape index (κ3) is 5.00. The predicted molar refractivity (Wildman–Crippen MR) is 133 cm³/mol. The Balaban J connectivity index is 2.51. The molecule has 1 saturated heterocycles. The minimum Gasteiger partial charge on any atom is -0.465 e. The van der Waals surface area contributed by atoms with Crippen LogP contribution in [0.4, 0.5) is 16.2 Å². The van der Waals surface area contributed by atoms with Crippen molar-refractivity contribution in [2.24, 2.45) is 0 Å². The fourth-order valence-corrected chi connectivity index (χ4v) is 11.2. The number of carbonyl (C=O) groups is 1. The molecule has 0 spiro atoms. The van der Waals surface area contributed by atoms with E-state index >= 15 is 0 Å². The summed E-state index contributed by atoms with van der Waals surface area (Å²) < 4.78 is 7.08. The number of nitrogens with zero attached hydrogens (tertiary/aromatic N) is 3. The highest BCUT2D eigenvalue weighted by molar-refractivity contribution is 6.77. The molecule has 3 N–H and O–H groups in total. The van der Waals surface area contributed by atoms with E-state index in [0.29, 0.717) is 58.1 Å². The van der Waals surface area contributed by atoms with Crippen LogP contribution in [0.25, 0.3) is 0 Å². The Bertz CT molecular complexity index is 850.